The summed E-state index contributed by atoms with van der Waals surface area (Å²) in [6.07, 6.45) is 1.65. The second-order valence-electron chi connectivity index (χ2n) is 4.77. The smallest absolute Gasteiger partial charge is 0.232 e. The van der Waals surface area contributed by atoms with Crippen molar-refractivity contribution in [2.45, 2.75) is 13.1 Å². The van der Waals surface area contributed by atoms with Crippen LogP contribution in [0, 0.1) is 5.41 Å². The molecule has 0 bridgehead atoms. The van der Waals surface area contributed by atoms with E-state index in [-0.39, 0.29) is 5.90 Å². The van der Waals surface area contributed by atoms with Crippen molar-refractivity contribution in [3.8, 4) is 5.75 Å². The zero-order chi connectivity index (χ0) is 14.8. The average Bonchev–Trinajstić information content (AvgIpc) is 2.97. The van der Waals surface area contributed by atoms with Gasteiger partial charge in [0, 0.05) is 19.3 Å². The molecule has 1 aliphatic rings. The predicted molar refractivity (Wildman–Crippen MR) is 78.8 cm³/mol. The number of benzene rings is 1. The van der Waals surface area contributed by atoms with Crippen LogP contribution in [0.25, 0.3) is 0 Å². The molecule has 1 aromatic carbocycles. The molecule has 0 atom stereocenters. The van der Waals surface area contributed by atoms with Crippen LogP contribution in [0.1, 0.15) is 16.8 Å². The van der Waals surface area contributed by atoms with E-state index >= 15 is 0 Å². The van der Waals surface area contributed by atoms with Crippen molar-refractivity contribution in [1.82, 2.24) is 9.97 Å². The van der Waals surface area contributed by atoms with E-state index in [4.69, 9.17) is 14.9 Å². The highest BCUT2D eigenvalue weighted by Gasteiger charge is 2.22. The summed E-state index contributed by atoms with van der Waals surface area (Å²) < 4.78 is 10.2. The van der Waals surface area contributed by atoms with E-state index < -0.39 is 0 Å². The quantitative estimate of drug-likeness (QED) is 0.689. The van der Waals surface area contributed by atoms with E-state index in [0.29, 0.717) is 11.6 Å². The minimum Gasteiger partial charge on any atom is -0.497 e. The van der Waals surface area contributed by atoms with Crippen LogP contribution < -0.4 is 9.64 Å². The summed E-state index contributed by atoms with van der Waals surface area (Å²) in [4.78, 5) is 10.7. The minimum absolute atomic E-state index is 0.0389. The molecular formula is C15H16N4O2. The van der Waals surface area contributed by atoms with Crippen LogP contribution in [0.5, 0.6) is 5.75 Å². The molecule has 21 heavy (non-hydrogen) atoms. The van der Waals surface area contributed by atoms with Crippen LogP contribution in [0.4, 0.5) is 5.95 Å². The molecule has 0 saturated carbocycles. The number of nitrogens with one attached hydrogen (secondary N) is 1. The number of methoxy groups -OCH3 is 2. The third-order valence-corrected chi connectivity index (χ3v) is 3.50. The third-order valence-electron chi connectivity index (χ3n) is 3.50. The maximum atomic E-state index is 7.68. The number of hydrogen-bond acceptors (Lipinski definition) is 6. The van der Waals surface area contributed by atoms with E-state index in [2.05, 4.69) is 20.9 Å². The van der Waals surface area contributed by atoms with Gasteiger partial charge >= 0.3 is 0 Å². The van der Waals surface area contributed by atoms with Crippen molar-refractivity contribution in [2.24, 2.45) is 0 Å². The summed E-state index contributed by atoms with van der Waals surface area (Å²) in [5, 5.41) is 7.68. The highest BCUT2D eigenvalue weighted by Crippen LogP contribution is 2.28. The number of ether oxygens (including phenoxy) is 2. The fourth-order valence-corrected chi connectivity index (χ4v) is 2.37. The van der Waals surface area contributed by atoms with E-state index in [1.54, 1.807) is 19.4 Å². The zero-order valence-electron chi connectivity index (χ0n) is 12.0. The van der Waals surface area contributed by atoms with E-state index in [1.165, 1.54) is 18.2 Å². The molecule has 1 aromatic heterocycles. The lowest BCUT2D eigenvalue weighted by atomic mass is 10.1. The molecule has 0 aliphatic carbocycles. The fraction of sp³-hybridized carbons (Fsp3) is 0.267. The normalized spacial score (nSPS) is 13.0. The lowest BCUT2D eigenvalue weighted by Gasteiger charge is -2.15. The number of hydrogen-bond donors (Lipinski definition) is 1. The van der Waals surface area contributed by atoms with Crippen LogP contribution in [0.15, 0.2) is 30.5 Å². The molecule has 0 spiro atoms. The Labute approximate surface area is 122 Å². The zero-order valence-corrected chi connectivity index (χ0v) is 12.0. The van der Waals surface area contributed by atoms with Crippen molar-refractivity contribution in [2.75, 3.05) is 19.1 Å². The second-order valence-corrected chi connectivity index (χ2v) is 4.77. The Morgan fingerprint density at radius 3 is 2.76 bits per heavy atom. The maximum Gasteiger partial charge on any atom is 0.232 e. The number of nitrogens with zero attached hydrogens (tertiary/aromatic N) is 3. The summed E-state index contributed by atoms with van der Waals surface area (Å²) in [7, 11) is 3.12. The molecule has 0 saturated heterocycles. The van der Waals surface area contributed by atoms with Crippen LogP contribution in [0.2, 0.25) is 0 Å². The van der Waals surface area contributed by atoms with Gasteiger partial charge in [0.2, 0.25) is 11.8 Å². The van der Waals surface area contributed by atoms with E-state index in [9.17, 15) is 0 Å². The van der Waals surface area contributed by atoms with Gasteiger partial charge in [-0.25, -0.2) is 9.97 Å². The largest absolute Gasteiger partial charge is 0.497 e. The first-order valence-corrected chi connectivity index (χ1v) is 6.58. The Balaban J connectivity index is 1.85. The van der Waals surface area contributed by atoms with Gasteiger partial charge in [-0.3, -0.25) is 5.41 Å². The Hall–Kier alpha value is -2.63. The van der Waals surface area contributed by atoms with Gasteiger partial charge in [0.25, 0.3) is 0 Å². The number of aromatic nitrogens is 2. The minimum atomic E-state index is 0.0389. The molecule has 6 heteroatoms. The second kappa shape index (κ2) is 5.40. The molecule has 0 radical (unpaired) electrons. The maximum absolute atomic E-state index is 7.68. The Morgan fingerprint density at radius 1 is 1.19 bits per heavy atom. The Bertz CT molecular complexity index is 687. The highest BCUT2D eigenvalue weighted by atomic mass is 16.5. The summed E-state index contributed by atoms with van der Waals surface area (Å²) >= 11 is 0. The van der Waals surface area contributed by atoms with Crippen molar-refractivity contribution in [3.05, 3.63) is 47.3 Å². The Kier molecular flexibility index (Phi) is 3.43. The molecule has 0 unspecified atom stereocenters. The van der Waals surface area contributed by atoms with Gasteiger partial charge in [0.05, 0.1) is 14.2 Å². The fourth-order valence-electron chi connectivity index (χ4n) is 2.37. The molecule has 1 aliphatic heterocycles. The van der Waals surface area contributed by atoms with Crippen LogP contribution in [-0.4, -0.2) is 30.1 Å². The molecule has 6 nitrogen and oxygen atoms in total. The SMILES string of the molecule is COC(=N)c1ccnc(N2Cc3ccc(OC)cc3C2)n1. The first-order chi connectivity index (χ1) is 10.2. The number of anilines is 1. The molecule has 108 valence electrons. The lowest BCUT2D eigenvalue weighted by molar-refractivity contribution is 0.399. The van der Waals surface area contributed by atoms with Gasteiger partial charge < -0.3 is 14.4 Å². The van der Waals surface area contributed by atoms with Gasteiger partial charge in [0.1, 0.15) is 11.4 Å². The van der Waals surface area contributed by atoms with Crippen LogP contribution >= 0.6 is 0 Å². The van der Waals surface area contributed by atoms with Crippen molar-refractivity contribution in [1.29, 1.82) is 5.41 Å². The van der Waals surface area contributed by atoms with Gasteiger partial charge in [0.15, 0.2) is 0 Å². The molecule has 0 fully saturated rings. The highest BCUT2D eigenvalue weighted by molar-refractivity contribution is 5.89. The van der Waals surface area contributed by atoms with Gasteiger partial charge in [-0.15, -0.1) is 0 Å². The topological polar surface area (TPSA) is 71.3 Å². The van der Waals surface area contributed by atoms with Gasteiger partial charge in [-0.05, 0) is 29.3 Å². The summed E-state index contributed by atoms with van der Waals surface area (Å²) in [5.74, 6) is 1.49. The lowest BCUT2D eigenvalue weighted by Crippen LogP contribution is -2.19. The monoisotopic (exact) mass is 284 g/mol. The number of rotatable bonds is 3. The number of fused-ring (bicyclic) bond motifs is 1. The summed E-state index contributed by atoms with van der Waals surface area (Å²) in [6.45, 7) is 1.49. The predicted octanol–water partition coefficient (Wildman–Crippen LogP) is 1.98. The first kappa shape index (κ1) is 13.4. The van der Waals surface area contributed by atoms with E-state index in [1.807, 2.05) is 12.1 Å². The van der Waals surface area contributed by atoms with Crippen molar-refractivity contribution < 1.29 is 9.47 Å². The molecule has 0 amide bonds. The molecule has 2 aromatic rings. The Morgan fingerprint density at radius 2 is 2.00 bits per heavy atom. The van der Waals surface area contributed by atoms with Crippen molar-refractivity contribution >= 4 is 11.8 Å². The van der Waals surface area contributed by atoms with E-state index in [0.717, 1.165) is 18.8 Å². The molecule has 2 heterocycles. The third kappa shape index (κ3) is 2.52. The first-order valence-electron chi connectivity index (χ1n) is 6.58. The molecule has 1 N–H and O–H groups in total. The van der Waals surface area contributed by atoms with Crippen molar-refractivity contribution in [3.63, 3.8) is 0 Å². The van der Waals surface area contributed by atoms with Crippen LogP contribution in [-0.2, 0) is 17.8 Å². The van der Waals surface area contributed by atoms with Crippen LogP contribution in [0.3, 0.4) is 0 Å². The molecular weight excluding hydrogens is 268 g/mol. The van der Waals surface area contributed by atoms with Gasteiger partial charge in [-0.1, -0.05) is 6.07 Å². The average molecular weight is 284 g/mol. The van der Waals surface area contributed by atoms with Gasteiger partial charge in [-0.2, -0.15) is 0 Å². The summed E-state index contributed by atoms with van der Waals surface area (Å²) in [5.41, 5.74) is 2.94. The molecule has 3 rings (SSSR count). The standard InChI is InChI=1S/C15H16N4O2/c1-20-12-4-3-10-8-19(9-11(10)7-12)15-17-6-5-13(18-15)14(16)21-2/h3-7,16H,8-9H2,1-2H3. The summed E-state index contributed by atoms with van der Waals surface area (Å²) in [6, 6.07) is 7.73.